The highest BCUT2D eigenvalue weighted by Crippen LogP contribution is 2.22. The number of amides is 1. The molecule has 0 spiro atoms. The first-order chi connectivity index (χ1) is 8.97. The summed E-state index contributed by atoms with van der Waals surface area (Å²) in [7, 11) is 2.84. The SMILES string of the molecule is COC(=O)CC(=O)NCc1cc(C)c(C)cc1OC. The number of hydrogen-bond acceptors (Lipinski definition) is 4. The molecule has 104 valence electrons. The van der Waals surface area contributed by atoms with Gasteiger partial charge in [0.2, 0.25) is 5.91 Å². The number of nitrogens with one attached hydrogen (secondary N) is 1. The minimum Gasteiger partial charge on any atom is -0.496 e. The maximum absolute atomic E-state index is 11.5. The van der Waals surface area contributed by atoms with Crippen LogP contribution in [0.15, 0.2) is 12.1 Å². The Balaban J connectivity index is 2.69. The maximum atomic E-state index is 11.5. The molecule has 1 rings (SSSR count). The Bertz CT molecular complexity index is 483. The molecule has 0 fully saturated rings. The van der Waals surface area contributed by atoms with Gasteiger partial charge in [-0.1, -0.05) is 6.07 Å². The summed E-state index contributed by atoms with van der Waals surface area (Å²) in [5.41, 5.74) is 3.13. The molecule has 0 bridgehead atoms. The van der Waals surface area contributed by atoms with E-state index in [0.29, 0.717) is 6.54 Å². The van der Waals surface area contributed by atoms with Gasteiger partial charge < -0.3 is 14.8 Å². The molecule has 5 heteroatoms. The van der Waals surface area contributed by atoms with Crippen LogP contribution in [0.25, 0.3) is 0 Å². The summed E-state index contributed by atoms with van der Waals surface area (Å²) >= 11 is 0. The monoisotopic (exact) mass is 265 g/mol. The molecule has 1 aromatic carbocycles. The van der Waals surface area contributed by atoms with Crippen LogP contribution in [-0.4, -0.2) is 26.1 Å². The molecule has 0 heterocycles. The number of aryl methyl sites for hydroxylation is 2. The van der Waals surface area contributed by atoms with E-state index in [1.165, 1.54) is 7.11 Å². The van der Waals surface area contributed by atoms with Gasteiger partial charge in [0, 0.05) is 12.1 Å². The van der Waals surface area contributed by atoms with Gasteiger partial charge in [0.05, 0.1) is 14.2 Å². The van der Waals surface area contributed by atoms with Crippen molar-refractivity contribution < 1.29 is 19.1 Å². The van der Waals surface area contributed by atoms with Gasteiger partial charge in [-0.2, -0.15) is 0 Å². The molecule has 1 N–H and O–H groups in total. The van der Waals surface area contributed by atoms with E-state index in [1.54, 1.807) is 7.11 Å². The third kappa shape index (κ3) is 4.28. The molecule has 0 aliphatic heterocycles. The molecule has 0 aliphatic carbocycles. The summed E-state index contributed by atoms with van der Waals surface area (Å²) < 4.78 is 9.70. The fourth-order valence-electron chi connectivity index (χ4n) is 1.64. The average molecular weight is 265 g/mol. The van der Waals surface area contributed by atoms with Gasteiger partial charge in [-0.15, -0.1) is 0 Å². The molecular formula is C14H19NO4. The van der Waals surface area contributed by atoms with Crippen molar-refractivity contribution >= 4 is 11.9 Å². The van der Waals surface area contributed by atoms with Gasteiger partial charge in [0.15, 0.2) is 0 Å². The van der Waals surface area contributed by atoms with Crippen molar-refractivity contribution in [3.05, 3.63) is 28.8 Å². The van der Waals surface area contributed by atoms with Crippen LogP contribution in [0.5, 0.6) is 5.75 Å². The quantitative estimate of drug-likeness (QED) is 0.647. The summed E-state index contributed by atoms with van der Waals surface area (Å²) in [5.74, 6) is -0.196. The molecule has 5 nitrogen and oxygen atoms in total. The van der Waals surface area contributed by atoms with Gasteiger partial charge in [-0.25, -0.2) is 0 Å². The lowest BCUT2D eigenvalue weighted by atomic mass is 10.0. The van der Waals surface area contributed by atoms with Crippen LogP contribution in [0.4, 0.5) is 0 Å². The zero-order valence-corrected chi connectivity index (χ0v) is 11.7. The third-order valence-electron chi connectivity index (χ3n) is 2.91. The molecule has 0 aromatic heterocycles. The number of ether oxygens (including phenoxy) is 2. The highest BCUT2D eigenvalue weighted by molar-refractivity contribution is 5.94. The topological polar surface area (TPSA) is 64.6 Å². The van der Waals surface area contributed by atoms with Crippen molar-refractivity contribution in [3.8, 4) is 5.75 Å². The van der Waals surface area contributed by atoms with Crippen LogP contribution >= 0.6 is 0 Å². The van der Waals surface area contributed by atoms with E-state index in [4.69, 9.17) is 4.74 Å². The van der Waals surface area contributed by atoms with Crippen molar-refractivity contribution in [1.82, 2.24) is 5.32 Å². The van der Waals surface area contributed by atoms with Gasteiger partial charge in [0.25, 0.3) is 0 Å². The fraction of sp³-hybridized carbons (Fsp3) is 0.429. The Hall–Kier alpha value is -2.04. The van der Waals surface area contributed by atoms with Gasteiger partial charge in [-0.3, -0.25) is 9.59 Å². The van der Waals surface area contributed by atoms with Crippen LogP contribution in [0.1, 0.15) is 23.1 Å². The summed E-state index contributed by atoms with van der Waals surface area (Å²) in [6.45, 7) is 4.31. The van der Waals surface area contributed by atoms with E-state index < -0.39 is 5.97 Å². The lowest BCUT2D eigenvalue weighted by molar-refractivity contribution is -0.143. The second-order valence-corrected chi connectivity index (χ2v) is 4.28. The smallest absolute Gasteiger partial charge is 0.315 e. The first-order valence-corrected chi connectivity index (χ1v) is 5.95. The molecule has 19 heavy (non-hydrogen) atoms. The molecule has 1 amide bonds. The van der Waals surface area contributed by atoms with Crippen LogP contribution < -0.4 is 10.1 Å². The summed E-state index contributed by atoms with van der Waals surface area (Å²) in [4.78, 5) is 22.4. The molecule has 0 radical (unpaired) electrons. The Labute approximate surface area is 112 Å². The van der Waals surface area contributed by atoms with E-state index in [-0.39, 0.29) is 12.3 Å². The summed E-state index contributed by atoms with van der Waals surface area (Å²) in [5, 5.41) is 2.67. The zero-order valence-electron chi connectivity index (χ0n) is 11.7. The summed E-state index contributed by atoms with van der Waals surface area (Å²) in [6.07, 6.45) is -0.274. The molecule has 0 saturated heterocycles. The normalized spacial score (nSPS) is 9.89. The fourth-order valence-corrected chi connectivity index (χ4v) is 1.64. The third-order valence-corrected chi connectivity index (χ3v) is 2.91. The summed E-state index contributed by atoms with van der Waals surface area (Å²) in [6, 6.07) is 3.89. The van der Waals surface area contributed by atoms with Crippen LogP contribution in [-0.2, 0) is 20.9 Å². The van der Waals surface area contributed by atoms with Crippen molar-refractivity contribution in [2.24, 2.45) is 0 Å². The second-order valence-electron chi connectivity index (χ2n) is 4.28. The highest BCUT2D eigenvalue weighted by atomic mass is 16.5. The number of rotatable bonds is 5. The lowest BCUT2D eigenvalue weighted by Crippen LogP contribution is -2.25. The minimum absolute atomic E-state index is 0.274. The first kappa shape index (κ1) is 15.0. The number of esters is 1. The molecule has 0 saturated carbocycles. The van der Waals surface area contributed by atoms with Gasteiger partial charge >= 0.3 is 5.97 Å². The number of benzene rings is 1. The molecule has 0 atom stereocenters. The Morgan fingerprint density at radius 1 is 1.16 bits per heavy atom. The maximum Gasteiger partial charge on any atom is 0.315 e. The predicted molar refractivity (Wildman–Crippen MR) is 70.9 cm³/mol. The Kier molecular flexibility index (Phi) is 5.36. The van der Waals surface area contributed by atoms with E-state index in [2.05, 4.69) is 10.1 Å². The van der Waals surface area contributed by atoms with Crippen molar-refractivity contribution in [2.75, 3.05) is 14.2 Å². The number of hydrogen-bond donors (Lipinski definition) is 1. The van der Waals surface area contributed by atoms with Gasteiger partial charge in [0.1, 0.15) is 12.2 Å². The second kappa shape index (κ2) is 6.78. The first-order valence-electron chi connectivity index (χ1n) is 5.95. The standard InChI is InChI=1S/C14H19NO4/c1-9-5-11(12(18-3)6-10(9)2)8-15-13(16)7-14(17)19-4/h5-6H,7-8H2,1-4H3,(H,15,16). The van der Waals surface area contributed by atoms with E-state index in [9.17, 15) is 9.59 Å². The van der Waals surface area contributed by atoms with Gasteiger partial charge in [-0.05, 0) is 31.0 Å². The van der Waals surface area contributed by atoms with Crippen molar-refractivity contribution in [2.45, 2.75) is 26.8 Å². The lowest BCUT2D eigenvalue weighted by Gasteiger charge is -2.12. The highest BCUT2D eigenvalue weighted by Gasteiger charge is 2.11. The van der Waals surface area contributed by atoms with Crippen molar-refractivity contribution in [3.63, 3.8) is 0 Å². The minimum atomic E-state index is -0.551. The van der Waals surface area contributed by atoms with E-state index in [0.717, 1.165) is 22.4 Å². The van der Waals surface area contributed by atoms with Crippen LogP contribution in [0.3, 0.4) is 0 Å². The Morgan fingerprint density at radius 3 is 2.37 bits per heavy atom. The molecule has 0 unspecified atom stereocenters. The molecule has 1 aromatic rings. The largest absolute Gasteiger partial charge is 0.496 e. The number of carbonyl (C=O) groups is 2. The van der Waals surface area contributed by atoms with Crippen molar-refractivity contribution in [1.29, 1.82) is 0 Å². The van der Waals surface area contributed by atoms with E-state index in [1.807, 2.05) is 26.0 Å². The number of carbonyl (C=O) groups excluding carboxylic acids is 2. The average Bonchev–Trinajstić information content (AvgIpc) is 2.39. The predicted octanol–water partition coefficient (Wildman–Crippen LogP) is 1.49. The number of methoxy groups -OCH3 is 2. The molecular weight excluding hydrogens is 246 g/mol. The zero-order chi connectivity index (χ0) is 14.4. The van der Waals surface area contributed by atoms with Crippen LogP contribution in [0.2, 0.25) is 0 Å². The molecule has 0 aliphatic rings. The Morgan fingerprint density at radius 2 is 1.79 bits per heavy atom. The van der Waals surface area contributed by atoms with Crippen LogP contribution in [0, 0.1) is 13.8 Å². The van der Waals surface area contributed by atoms with E-state index >= 15 is 0 Å².